The average Bonchev–Trinajstić information content (AvgIpc) is 3.89. The van der Waals surface area contributed by atoms with E-state index in [-0.39, 0.29) is 0 Å². The molecular weight excluding hydrogens is 713 g/mol. The van der Waals surface area contributed by atoms with Gasteiger partial charge in [-0.1, -0.05) is 132 Å². The number of benzene rings is 3. The van der Waals surface area contributed by atoms with Gasteiger partial charge in [0, 0.05) is 29.8 Å². The minimum atomic E-state index is 0.565. The molecule has 3 aliphatic carbocycles. The monoisotopic (exact) mass is 780 g/mol. The Morgan fingerprint density at radius 3 is 2.14 bits per heavy atom. The Morgan fingerprint density at radius 1 is 0.828 bits per heavy atom. The number of fused-ring (bicyclic) bond motifs is 4. The summed E-state index contributed by atoms with van der Waals surface area (Å²) < 4.78 is 0. The third-order valence-corrected chi connectivity index (χ3v) is 11.5. The minimum Gasteiger partial charge on any atom is -0.366 e. The Morgan fingerprint density at radius 2 is 1.53 bits per heavy atom. The van der Waals surface area contributed by atoms with Crippen molar-refractivity contribution >= 4 is 5.69 Å². The van der Waals surface area contributed by atoms with Crippen molar-refractivity contribution in [2.24, 2.45) is 34.7 Å². The maximum atomic E-state index is 6.16. The first kappa shape index (κ1) is 45.5. The Labute approximate surface area is 349 Å². The number of hydrogen-bond donors (Lipinski definition) is 1. The van der Waals surface area contributed by atoms with Crippen LogP contribution < -0.4 is 9.81 Å². The fraction of sp³-hybridized carbons (Fsp3) is 0.480. The van der Waals surface area contributed by atoms with Crippen LogP contribution in [0, 0.1) is 47.0 Å². The number of rotatable bonds is 7. The molecule has 0 saturated heterocycles. The van der Waals surface area contributed by atoms with E-state index in [1.165, 1.54) is 74.5 Å². The molecule has 0 spiro atoms. The second-order valence-electron chi connectivity index (χ2n) is 15.8. The van der Waals surface area contributed by atoms with E-state index in [9.17, 15) is 0 Å². The third-order valence-electron chi connectivity index (χ3n) is 11.5. The van der Waals surface area contributed by atoms with Crippen molar-refractivity contribution in [2.75, 3.05) is 18.0 Å². The summed E-state index contributed by atoms with van der Waals surface area (Å²) in [6.45, 7) is 15.9. The third kappa shape index (κ3) is 14.9. The highest BCUT2D eigenvalue weighted by Crippen LogP contribution is 2.44. The summed E-state index contributed by atoms with van der Waals surface area (Å²) in [4.78, 5) is 5.18. The zero-order chi connectivity index (χ0) is 41.4. The Kier molecular flexibility index (Phi) is 20.3. The van der Waals surface area contributed by atoms with Gasteiger partial charge in [0.1, 0.15) is 17.2 Å². The van der Waals surface area contributed by atoms with E-state index in [4.69, 9.17) is 5.53 Å². The van der Waals surface area contributed by atoms with Gasteiger partial charge in [0.2, 0.25) is 10.7 Å². The zero-order valence-electron chi connectivity index (χ0n) is 36.0. The number of aryl methyl sites for hydroxylation is 1. The molecule has 2 heterocycles. The standard InChI is InChI=1S/C17H15N.C11H20.C10H10N4.C9H14.C3H8N3/c1-2-18-13-16-9-4-3-7-14(16)11-12-15-8-5-6-10-17(15)18;1-10(2)11-8-6-4-3-5-7-9-11;1-2-8-3-5-9(6-4-8)10-13-11-7-12-14-10;1-2-8-5-7-3-4-9(8)6-7;1-2-3-5-6-4/h3-10H,2,13H2,1H3;3-4,10-11H,5-9H2,1-2H3;3-7H,2H2,1H3;3-4,7-9H,2,5-6H2,1H3;4H,2-3H2,1H3/q;;;;+1/b;4-3+;;;. The van der Waals surface area contributed by atoms with Gasteiger partial charge < -0.3 is 4.90 Å². The largest absolute Gasteiger partial charge is 0.366 e. The summed E-state index contributed by atoms with van der Waals surface area (Å²) >= 11 is 0. The molecule has 306 valence electrons. The molecule has 0 radical (unpaired) electrons. The quantitative estimate of drug-likeness (QED) is 0.0870. The van der Waals surface area contributed by atoms with E-state index in [1.54, 1.807) is 0 Å². The van der Waals surface area contributed by atoms with Crippen molar-refractivity contribution in [1.82, 2.24) is 25.3 Å². The van der Waals surface area contributed by atoms with E-state index in [0.29, 0.717) is 12.4 Å². The van der Waals surface area contributed by atoms with Crippen LogP contribution in [0.15, 0.2) is 109 Å². The SMILES string of the molecule is CC(C)C1CC/C=C/CCC1.CCC1CC2C=CC1C2.CCCN=[N+]=N.CCN1Cc2ccccc2C#Cc2ccccc21.CCc1ccc(-c2nncnn2)cc1. The maximum Gasteiger partial charge on any atom is 0.214 e. The molecule has 4 atom stereocenters. The number of aromatic nitrogens is 4. The van der Waals surface area contributed by atoms with Gasteiger partial charge in [-0.25, -0.2) is 0 Å². The highest BCUT2D eigenvalue weighted by atomic mass is 15.3. The molecular formula is C50H67N8+. The van der Waals surface area contributed by atoms with E-state index >= 15 is 0 Å². The predicted octanol–water partition coefficient (Wildman–Crippen LogP) is 12.3. The van der Waals surface area contributed by atoms with Gasteiger partial charge in [0.25, 0.3) is 0 Å². The van der Waals surface area contributed by atoms with Crippen LogP contribution in [0.1, 0.15) is 122 Å². The molecule has 1 aromatic heterocycles. The van der Waals surface area contributed by atoms with Gasteiger partial charge >= 0.3 is 0 Å². The fourth-order valence-corrected chi connectivity index (χ4v) is 7.92. The topological polar surface area (TPSA) is 105 Å². The molecule has 1 N–H and O–H groups in total. The summed E-state index contributed by atoms with van der Waals surface area (Å²) in [7, 11) is 0. The van der Waals surface area contributed by atoms with Crippen LogP contribution in [-0.2, 0) is 13.0 Å². The number of hydrogen-bond acceptors (Lipinski definition) is 7. The maximum absolute atomic E-state index is 6.16. The normalized spacial score (nSPS) is 19.9. The van der Waals surface area contributed by atoms with E-state index < -0.39 is 0 Å². The summed E-state index contributed by atoms with van der Waals surface area (Å²) in [5.41, 5.74) is 13.2. The van der Waals surface area contributed by atoms with Crippen molar-refractivity contribution < 1.29 is 0 Å². The number of allylic oxidation sites excluding steroid dienone is 4. The molecule has 1 fully saturated rings. The molecule has 4 aliphatic rings. The molecule has 58 heavy (non-hydrogen) atoms. The van der Waals surface area contributed by atoms with Crippen LogP contribution in [-0.4, -0.2) is 33.5 Å². The number of nitrogens with zero attached hydrogens (tertiary/aromatic N) is 7. The second kappa shape index (κ2) is 25.9. The molecule has 2 bridgehead atoms. The zero-order valence-corrected chi connectivity index (χ0v) is 36.0. The summed E-state index contributed by atoms with van der Waals surface area (Å²) in [5, 5.41) is 18.5. The van der Waals surface area contributed by atoms with Crippen molar-refractivity contribution in [1.29, 1.82) is 5.53 Å². The molecule has 1 aliphatic heterocycles. The molecule has 1 saturated carbocycles. The fourth-order valence-electron chi connectivity index (χ4n) is 7.92. The first-order chi connectivity index (χ1) is 28.4. The number of para-hydroxylation sites is 1. The lowest BCUT2D eigenvalue weighted by Crippen LogP contribution is -2.24. The van der Waals surface area contributed by atoms with Crippen LogP contribution in [0.4, 0.5) is 5.69 Å². The highest BCUT2D eigenvalue weighted by Gasteiger charge is 2.33. The minimum absolute atomic E-state index is 0.565. The first-order valence-electron chi connectivity index (χ1n) is 21.8. The van der Waals surface area contributed by atoms with Crippen LogP contribution in [0.3, 0.4) is 0 Å². The lowest BCUT2D eigenvalue weighted by molar-refractivity contribution is 0.329. The summed E-state index contributed by atoms with van der Waals surface area (Å²) in [6.07, 6.45) is 24.1. The van der Waals surface area contributed by atoms with Crippen LogP contribution in [0.2, 0.25) is 0 Å². The van der Waals surface area contributed by atoms with Crippen molar-refractivity contribution in [3.63, 3.8) is 0 Å². The summed E-state index contributed by atoms with van der Waals surface area (Å²) in [6, 6.07) is 24.9. The molecule has 8 nitrogen and oxygen atoms in total. The second-order valence-corrected chi connectivity index (χ2v) is 15.8. The van der Waals surface area contributed by atoms with Crippen LogP contribution >= 0.6 is 0 Å². The van der Waals surface area contributed by atoms with Crippen molar-refractivity contribution in [2.45, 2.75) is 112 Å². The van der Waals surface area contributed by atoms with E-state index in [2.05, 4.69) is 167 Å². The smallest absolute Gasteiger partial charge is 0.214 e. The summed E-state index contributed by atoms with van der Waals surface area (Å²) in [5.74, 6) is 12.0. The molecule has 4 unspecified atom stereocenters. The van der Waals surface area contributed by atoms with Gasteiger partial charge in [-0.05, 0) is 124 Å². The molecule has 8 heteroatoms. The van der Waals surface area contributed by atoms with Gasteiger partial charge in [0.15, 0.2) is 6.33 Å². The Balaban J connectivity index is 0.000000168. The average molecular weight is 780 g/mol. The lowest BCUT2D eigenvalue weighted by Gasteiger charge is -2.26. The first-order valence-corrected chi connectivity index (χ1v) is 21.8. The molecule has 0 amide bonds. The van der Waals surface area contributed by atoms with Gasteiger partial charge in [-0.3, -0.25) is 0 Å². The molecule has 3 aromatic carbocycles. The van der Waals surface area contributed by atoms with Crippen molar-refractivity contribution in [3.8, 4) is 23.2 Å². The van der Waals surface area contributed by atoms with Crippen LogP contribution in [0.5, 0.6) is 0 Å². The van der Waals surface area contributed by atoms with E-state index in [0.717, 1.165) is 72.2 Å². The van der Waals surface area contributed by atoms with Gasteiger partial charge in [-0.15, -0.1) is 20.4 Å². The Hall–Kier alpha value is -5.25. The van der Waals surface area contributed by atoms with Crippen molar-refractivity contribution in [3.05, 3.63) is 126 Å². The lowest BCUT2D eigenvalue weighted by atomic mass is 9.85. The van der Waals surface area contributed by atoms with Crippen LogP contribution in [0.25, 0.3) is 11.4 Å². The van der Waals surface area contributed by atoms with E-state index in [1.807, 2.05) is 19.1 Å². The Bertz CT molecular complexity index is 1940. The van der Waals surface area contributed by atoms with Gasteiger partial charge in [-0.2, -0.15) is 0 Å². The highest BCUT2D eigenvalue weighted by molar-refractivity contribution is 5.64. The number of nitrogens with one attached hydrogen (secondary N) is 1. The van der Waals surface area contributed by atoms with Gasteiger partial charge in [0.05, 0.1) is 5.69 Å². The molecule has 4 aromatic rings. The number of anilines is 1. The predicted molar refractivity (Wildman–Crippen MR) is 240 cm³/mol. The molecule has 8 rings (SSSR count).